The van der Waals surface area contributed by atoms with Gasteiger partial charge in [0.1, 0.15) is 5.60 Å². The van der Waals surface area contributed by atoms with Crippen LogP contribution in [0.3, 0.4) is 0 Å². The number of carbonyl (C=O) groups is 2. The Balaban J connectivity index is 1.97. The third-order valence-electron chi connectivity index (χ3n) is 4.59. The summed E-state index contributed by atoms with van der Waals surface area (Å²) in [5, 5.41) is 9.19. The Morgan fingerprint density at radius 1 is 1.11 bits per heavy atom. The van der Waals surface area contributed by atoms with Crippen molar-refractivity contribution in [1.82, 2.24) is 4.90 Å². The number of piperidine rings is 1. The topological polar surface area (TPSA) is 66.8 Å². The summed E-state index contributed by atoms with van der Waals surface area (Å²) in [5.41, 5.74) is -1.39. The lowest BCUT2D eigenvalue weighted by atomic mass is 9.80. The van der Waals surface area contributed by atoms with Gasteiger partial charge in [-0.3, -0.25) is 9.59 Å². The average Bonchev–Trinajstić information content (AvgIpc) is 2.39. The van der Waals surface area contributed by atoms with E-state index in [1.54, 1.807) is 11.8 Å². The zero-order chi connectivity index (χ0) is 14.1. The second-order valence-electron chi connectivity index (χ2n) is 6.19. The minimum absolute atomic E-state index is 0.0274. The molecule has 0 aromatic heterocycles. The summed E-state index contributed by atoms with van der Waals surface area (Å²) >= 11 is 0. The predicted octanol–water partition coefficient (Wildman–Crippen LogP) is 1.66. The first-order valence-corrected chi connectivity index (χ1v) is 7.04. The van der Waals surface area contributed by atoms with Gasteiger partial charge in [0.2, 0.25) is 0 Å². The second kappa shape index (κ2) is 5.12. The predicted molar refractivity (Wildman–Crippen MR) is 69.8 cm³/mol. The van der Waals surface area contributed by atoms with Crippen LogP contribution in [0, 0.1) is 5.41 Å². The van der Waals surface area contributed by atoms with Gasteiger partial charge in [-0.2, -0.15) is 0 Å². The molecular formula is C14H23NO4. The molecular weight excluding hydrogens is 246 g/mol. The molecule has 1 atom stereocenters. The first-order chi connectivity index (χ1) is 8.87. The van der Waals surface area contributed by atoms with Gasteiger partial charge >= 0.3 is 5.97 Å². The Hall–Kier alpha value is -1.10. The fraction of sp³-hybridized carbons (Fsp3) is 0.857. The number of carboxylic acids is 1. The Bertz CT molecular complexity index is 366. The molecule has 2 aliphatic heterocycles. The van der Waals surface area contributed by atoms with Crippen LogP contribution in [0.4, 0.5) is 0 Å². The van der Waals surface area contributed by atoms with Crippen molar-refractivity contribution in [3.8, 4) is 0 Å². The van der Waals surface area contributed by atoms with Crippen LogP contribution in [0.15, 0.2) is 0 Å². The number of rotatable bonds is 2. The molecule has 1 amide bonds. The Kier molecular flexibility index (Phi) is 3.85. The average molecular weight is 269 g/mol. The molecule has 5 heteroatoms. The van der Waals surface area contributed by atoms with Gasteiger partial charge < -0.3 is 14.7 Å². The van der Waals surface area contributed by atoms with E-state index in [4.69, 9.17) is 4.74 Å². The molecule has 0 radical (unpaired) electrons. The minimum Gasteiger partial charge on any atom is -0.481 e. The lowest BCUT2D eigenvalue weighted by Gasteiger charge is -2.41. The molecule has 2 rings (SSSR count). The summed E-state index contributed by atoms with van der Waals surface area (Å²) in [5.74, 6) is -0.737. The van der Waals surface area contributed by atoms with E-state index in [-0.39, 0.29) is 5.91 Å². The largest absolute Gasteiger partial charge is 0.481 e. The van der Waals surface area contributed by atoms with Crippen molar-refractivity contribution in [2.45, 2.75) is 51.6 Å². The quantitative estimate of drug-likeness (QED) is 0.828. The van der Waals surface area contributed by atoms with E-state index >= 15 is 0 Å². The van der Waals surface area contributed by atoms with Gasteiger partial charge in [-0.05, 0) is 46.0 Å². The van der Waals surface area contributed by atoms with E-state index in [0.29, 0.717) is 32.5 Å². The van der Waals surface area contributed by atoms with Crippen LogP contribution < -0.4 is 0 Å². The fourth-order valence-electron chi connectivity index (χ4n) is 2.85. The normalized spacial score (nSPS) is 30.9. The molecule has 5 nitrogen and oxygen atoms in total. The third kappa shape index (κ3) is 2.76. The highest BCUT2D eigenvalue weighted by atomic mass is 16.5. The molecule has 2 fully saturated rings. The summed E-state index contributed by atoms with van der Waals surface area (Å²) in [4.78, 5) is 25.5. The van der Waals surface area contributed by atoms with E-state index < -0.39 is 17.0 Å². The monoisotopic (exact) mass is 269 g/mol. The lowest BCUT2D eigenvalue weighted by Crippen LogP contribution is -2.54. The van der Waals surface area contributed by atoms with Gasteiger partial charge in [-0.1, -0.05) is 0 Å². The molecule has 0 aromatic rings. The zero-order valence-electron chi connectivity index (χ0n) is 11.8. The van der Waals surface area contributed by atoms with Crippen LogP contribution >= 0.6 is 0 Å². The molecule has 19 heavy (non-hydrogen) atoms. The number of likely N-dealkylation sites (tertiary alicyclic amines) is 1. The summed E-state index contributed by atoms with van der Waals surface area (Å²) in [6.45, 7) is 5.29. The zero-order valence-corrected chi connectivity index (χ0v) is 11.8. The maximum absolute atomic E-state index is 12.5. The first kappa shape index (κ1) is 14.3. The highest BCUT2D eigenvalue weighted by molar-refractivity contribution is 5.85. The van der Waals surface area contributed by atoms with Crippen LogP contribution in [0.2, 0.25) is 0 Å². The molecule has 1 unspecified atom stereocenters. The van der Waals surface area contributed by atoms with Gasteiger partial charge in [0, 0.05) is 19.7 Å². The summed E-state index contributed by atoms with van der Waals surface area (Å²) in [6, 6.07) is 0. The molecule has 0 spiro atoms. The van der Waals surface area contributed by atoms with Crippen molar-refractivity contribution in [3.63, 3.8) is 0 Å². The maximum Gasteiger partial charge on any atom is 0.309 e. The Morgan fingerprint density at radius 3 is 2.21 bits per heavy atom. The van der Waals surface area contributed by atoms with Crippen LogP contribution in [0.25, 0.3) is 0 Å². The molecule has 0 aromatic carbocycles. The lowest BCUT2D eigenvalue weighted by molar-refractivity contribution is -0.167. The smallest absolute Gasteiger partial charge is 0.309 e. The fourth-order valence-corrected chi connectivity index (χ4v) is 2.85. The number of amides is 1. The molecule has 1 N–H and O–H groups in total. The maximum atomic E-state index is 12.5. The minimum atomic E-state index is -0.764. The van der Waals surface area contributed by atoms with Crippen LogP contribution in [-0.2, 0) is 14.3 Å². The van der Waals surface area contributed by atoms with Crippen molar-refractivity contribution < 1.29 is 19.4 Å². The van der Waals surface area contributed by atoms with Gasteiger partial charge in [-0.15, -0.1) is 0 Å². The molecule has 108 valence electrons. The van der Waals surface area contributed by atoms with Crippen molar-refractivity contribution in [1.29, 1.82) is 0 Å². The molecule has 2 heterocycles. The van der Waals surface area contributed by atoms with Crippen LogP contribution in [0.5, 0.6) is 0 Å². The van der Waals surface area contributed by atoms with E-state index in [0.717, 1.165) is 19.3 Å². The van der Waals surface area contributed by atoms with Gasteiger partial charge in [0.15, 0.2) is 0 Å². The van der Waals surface area contributed by atoms with Crippen LogP contribution in [-0.4, -0.2) is 47.2 Å². The van der Waals surface area contributed by atoms with Crippen LogP contribution in [0.1, 0.15) is 46.0 Å². The van der Waals surface area contributed by atoms with Crippen molar-refractivity contribution in [2.75, 3.05) is 19.7 Å². The van der Waals surface area contributed by atoms with E-state index in [1.165, 1.54) is 0 Å². The second-order valence-corrected chi connectivity index (χ2v) is 6.19. The molecule has 0 aliphatic carbocycles. The number of hydrogen-bond acceptors (Lipinski definition) is 3. The van der Waals surface area contributed by atoms with E-state index in [2.05, 4.69) is 0 Å². The van der Waals surface area contributed by atoms with Crippen molar-refractivity contribution >= 4 is 11.9 Å². The number of hydrogen-bond donors (Lipinski definition) is 1. The summed E-state index contributed by atoms with van der Waals surface area (Å²) < 4.78 is 5.67. The standard InChI is InChI=1S/C14H23NO4/c1-13(12(17)18)6-8-15(9-7-13)11(16)14(2)5-3-4-10-19-14/h3-10H2,1-2H3,(H,17,18). The summed E-state index contributed by atoms with van der Waals surface area (Å²) in [6.07, 6.45) is 3.83. The van der Waals surface area contributed by atoms with E-state index in [9.17, 15) is 14.7 Å². The van der Waals surface area contributed by atoms with Crippen molar-refractivity contribution in [2.24, 2.45) is 5.41 Å². The van der Waals surface area contributed by atoms with E-state index in [1.807, 2.05) is 6.92 Å². The van der Waals surface area contributed by atoms with Crippen molar-refractivity contribution in [3.05, 3.63) is 0 Å². The Morgan fingerprint density at radius 2 is 1.74 bits per heavy atom. The first-order valence-electron chi connectivity index (χ1n) is 7.04. The van der Waals surface area contributed by atoms with Gasteiger partial charge in [-0.25, -0.2) is 0 Å². The molecule has 0 saturated carbocycles. The SMILES string of the molecule is CC1(C(=O)O)CCN(C(=O)C2(C)CCCCO2)CC1. The summed E-state index contributed by atoms with van der Waals surface area (Å²) in [7, 11) is 0. The number of ether oxygens (including phenoxy) is 1. The van der Waals surface area contributed by atoms with Gasteiger partial charge in [0.25, 0.3) is 5.91 Å². The number of nitrogens with zero attached hydrogens (tertiary/aromatic N) is 1. The number of carboxylic acid groups (broad SMARTS) is 1. The molecule has 2 aliphatic rings. The van der Waals surface area contributed by atoms with Gasteiger partial charge in [0.05, 0.1) is 5.41 Å². The highest BCUT2D eigenvalue weighted by Crippen LogP contribution is 2.34. The number of aliphatic carboxylic acids is 1. The molecule has 0 bridgehead atoms. The Labute approximate surface area is 113 Å². The third-order valence-corrected chi connectivity index (χ3v) is 4.59. The highest BCUT2D eigenvalue weighted by Gasteiger charge is 2.43. The molecule has 2 saturated heterocycles. The number of carbonyl (C=O) groups excluding carboxylic acids is 1.